The van der Waals surface area contributed by atoms with Gasteiger partial charge in [0.05, 0.1) is 0 Å². The van der Waals surface area contributed by atoms with Crippen molar-refractivity contribution in [2.24, 2.45) is 0 Å². The second-order valence-corrected chi connectivity index (χ2v) is 4.55. The second kappa shape index (κ2) is 7.24. The van der Waals surface area contributed by atoms with E-state index in [1.807, 2.05) is 0 Å². The molecule has 14 heavy (non-hydrogen) atoms. The van der Waals surface area contributed by atoms with Crippen molar-refractivity contribution in [2.75, 3.05) is 13.1 Å². The molecular formula is C12H28N2. The van der Waals surface area contributed by atoms with Gasteiger partial charge in [0.2, 0.25) is 0 Å². The van der Waals surface area contributed by atoms with Crippen LogP contribution >= 0.6 is 0 Å². The van der Waals surface area contributed by atoms with Crippen molar-refractivity contribution >= 4 is 0 Å². The van der Waals surface area contributed by atoms with Crippen molar-refractivity contribution in [3.8, 4) is 0 Å². The van der Waals surface area contributed by atoms with Crippen molar-refractivity contribution in [2.45, 2.75) is 66.1 Å². The van der Waals surface area contributed by atoms with Gasteiger partial charge in [-0.2, -0.15) is 0 Å². The molecule has 0 saturated carbocycles. The smallest absolute Gasteiger partial charge is 0.0192 e. The van der Waals surface area contributed by atoms with Crippen molar-refractivity contribution in [1.29, 1.82) is 0 Å². The van der Waals surface area contributed by atoms with Gasteiger partial charge in [0.15, 0.2) is 0 Å². The van der Waals surface area contributed by atoms with E-state index >= 15 is 0 Å². The van der Waals surface area contributed by atoms with E-state index in [-0.39, 0.29) is 0 Å². The third-order valence-electron chi connectivity index (χ3n) is 2.74. The highest BCUT2D eigenvalue weighted by Crippen LogP contribution is 2.07. The average molecular weight is 200 g/mol. The first-order chi connectivity index (χ1) is 6.52. The summed E-state index contributed by atoms with van der Waals surface area (Å²) in [7, 11) is 0. The molecule has 0 aliphatic rings. The molecule has 0 saturated heterocycles. The minimum Gasteiger partial charge on any atom is -0.313 e. The number of rotatable bonds is 7. The van der Waals surface area contributed by atoms with E-state index in [4.69, 9.17) is 0 Å². The highest BCUT2D eigenvalue weighted by molar-refractivity contribution is 4.75. The quantitative estimate of drug-likeness (QED) is 0.679. The Morgan fingerprint density at radius 1 is 1.00 bits per heavy atom. The lowest BCUT2D eigenvalue weighted by Gasteiger charge is -2.34. The molecule has 2 heteroatoms. The van der Waals surface area contributed by atoms with Crippen LogP contribution in [0.15, 0.2) is 0 Å². The molecule has 2 nitrogen and oxygen atoms in total. The maximum absolute atomic E-state index is 3.53. The highest BCUT2D eigenvalue weighted by atomic mass is 15.2. The van der Waals surface area contributed by atoms with Gasteiger partial charge in [-0.3, -0.25) is 4.90 Å². The number of likely N-dealkylation sites (N-methyl/N-ethyl adjacent to an activating group) is 1. The Morgan fingerprint density at radius 3 is 1.79 bits per heavy atom. The summed E-state index contributed by atoms with van der Waals surface area (Å²) in [6, 6.07) is 1.93. The topological polar surface area (TPSA) is 15.3 Å². The van der Waals surface area contributed by atoms with Gasteiger partial charge in [-0.25, -0.2) is 0 Å². The lowest BCUT2D eigenvalue weighted by Crippen LogP contribution is -2.46. The lowest BCUT2D eigenvalue weighted by atomic mass is 10.1. The molecule has 0 aliphatic carbocycles. The molecule has 0 aromatic rings. The highest BCUT2D eigenvalue weighted by Gasteiger charge is 2.16. The molecule has 0 rings (SSSR count). The monoisotopic (exact) mass is 200 g/mol. The number of hydrogen-bond donors (Lipinski definition) is 1. The predicted octanol–water partition coefficient (Wildman–Crippen LogP) is 2.49. The molecule has 0 aliphatic heterocycles. The lowest BCUT2D eigenvalue weighted by molar-refractivity contribution is 0.154. The zero-order valence-corrected chi connectivity index (χ0v) is 10.8. The molecule has 0 unspecified atom stereocenters. The molecular weight excluding hydrogens is 172 g/mol. The minimum absolute atomic E-state index is 0.641. The molecule has 0 amide bonds. The summed E-state index contributed by atoms with van der Waals surface area (Å²) in [4.78, 5) is 2.55. The second-order valence-electron chi connectivity index (χ2n) is 4.55. The molecule has 0 aromatic carbocycles. The minimum atomic E-state index is 0.641. The van der Waals surface area contributed by atoms with Crippen LogP contribution < -0.4 is 5.32 Å². The Morgan fingerprint density at radius 2 is 1.50 bits per heavy atom. The Labute approximate surface area is 90.1 Å². The Balaban J connectivity index is 4.11. The fraction of sp³-hybridized carbons (Fsp3) is 1.00. The van der Waals surface area contributed by atoms with Crippen LogP contribution in [0.5, 0.6) is 0 Å². The zero-order chi connectivity index (χ0) is 11.1. The van der Waals surface area contributed by atoms with E-state index in [0.29, 0.717) is 18.1 Å². The van der Waals surface area contributed by atoms with Gasteiger partial charge in [0.1, 0.15) is 0 Å². The molecule has 0 fully saturated rings. The van der Waals surface area contributed by atoms with Crippen LogP contribution in [0.25, 0.3) is 0 Å². The third kappa shape index (κ3) is 4.97. The fourth-order valence-corrected chi connectivity index (χ4v) is 1.90. The maximum Gasteiger partial charge on any atom is 0.0192 e. The van der Waals surface area contributed by atoms with Gasteiger partial charge in [-0.1, -0.05) is 13.8 Å². The summed E-state index contributed by atoms with van der Waals surface area (Å²) >= 11 is 0. The van der Waals surface area contributed by atoms with E-state index < -0.39 is 0 Å². The standard InChI is InChI=1S/C12H28N2/c1-7-12(13-8-2)9-14(10(3)4)11(5)6/h10-13H,7-9H2,1-6H3/t12-/m0/s1. The summed E-state index contributed by atoms with van der Waals surface area (Å²) in [5.74, 6) is 0. The normalized spacial score (nSPS) is 14.4. The predicted molar refractivity (Wildman–Crippen MR) is 64.7 cm³/mol. The molecule has 86 valence electrons. The van der Waals surface area contributed by atoms with E-state index in [9.17, 15) is 0 Å². The van der Waals surface area contributed by atoms with E-state index in [0.717, 1.165) is 6.54 Å². The van der Waals surface area contributed by atoms with E-state index in [1.54, 1.807) is 0 Å². The SMILES string of the molecule is CCN[C@@H](CC)CN(C(C)C)C(C)C. The van der Waals surface area contributed by atoms with Crippen LogP contribution in [0.4, 0.5) is 0 Å². The first-order valence-electron chi connectivity index (χ1n) is 6.01. The van der Waals surface area contributed by atoms with Crippen molar-refractivity contribution in [1.82, 2.24) is 10.2 Å². The summed E-state index contributed by atoms with van der Waals surface area (Å²) in [5, 5.41) is 3.53. The van der Waals surface area contributed by atoms with Gasteiger partial charge in [-0.05, 0) is 40.7 Å². The van der Waals surface area contributed by atoms with Gasteiger partial charge >= 0.3 is 0 Å². The van der Waals surface area contributed by atoms with Crippen molar-refractivity contribution < 1.29 is 0 Å². The summed E-state index contributed by atoms with van der Waals surface area (Å²) in [6.45, 7) is 15.8. The Bertz CT molecular complexity index is 124. The summed E-state index contributed by atoms with van der Waals surface area (Å²) in [6.07, 6.45) is 1.21. The van der Waals surface area contributed by atoms with E-state index in [1.165, 1.54) is 13.0 Å². The van der Waals surface area contributed by atoms with Crippen LogP contribution in [0.3, 0.4) is 0 Å². The molecule has 0 bridgehead atoms. The summed E-state index contributed by atoms with van der Waals surface area (Å²) < 4.78 is 0. The van der Waals surface area contributed by atoms with Crippen molar-refractivity contribution in [3.05, 3.63) is 0 Å². The largest absolute Gasteiger partial charge is 0.313 e. The molecule has 0 aromatic heterocycles. The van der Waals surface area contributed by atoms with Crippen LogP contribution in [0, 0.1) is 0 Å². The Hall–Kier alpha value is -0.0800. The number of nitrogens with one attached hydrogen (secondary N) is 1. The first-order valence-corrected chi connectivity index (χ1v) is 6.01. The first kappa shape index (κ1) is 13.9. The van der Waals surface area contributed by atoms with Gasteiger partial charge in [-0.15, -0.1) is 0 Å². The number of nitrogens with zero attached hydrogens (tertiary/aromatic N) is 1. The molecule has 0 spiro atoms. The van der Waals surface area contributed by atoms with Crippen molar-refractivity contribution in [3.63, 3.8) is 0 Å². The van der Waals surface area contributed by atoms with Gasteiger partial charge in [0, 0.05) is 24.7 Å². The average Bonchev–Trinajstić information content (AvgIpc) is 2.10. The summed E-state index contributed by atoms with van der Waals surface area (Å²) in [5.41, 5.74) is 0. The Kier molecular flexibility index (Phi) is 7.20. The van der Waals surface area contributed by atoms with Gasteiger partial charge < -0.3 is 5.32 Å². The van der Waals surface area contributed by atoms with Gasteiger partial charge in [0.25, 0.3) is 0 Å². The van der Waals surface area contributed by atoms with Crippen LogP contribution in [-0.2, 0) is 0 Å². The fourth-order valence-electron chi connectivity index (χ4n) is 1.90. The third-order valence-corrected chi connectivity index (χ3v) is 2.74. The van der Waals surface area contributed by atoms with Crippen LogP contribution in [-0.4, -0.2) is 36.1 Å². The zero-order valence-electron chi connectivity index (χ0n) is 10.8. The molecule has 1 atom stereocenters. The molecule has 1 N–H and O–H groups in total. The van der Waals surface area contributed by atoms with Crippen LogP contribution in [0.2, 0.25) is 0 Å². The maximum atomic E-state index is 3.53. The molecule has 0 heterocycles. The number of hydrogen-bond acceptors (Lipinski definition) is 2. The van der Waals surface area contributed by atoms with E-state index in [2.05, 4.69) is 51.8 Å². The van der Waals surface area contributed by atoms with Crippen LogP contribution in [0.1, 0.15) is 48.0 Å². The molecule has 0 radical (unpaired) electrons.